The second kappa shape index (κ2) is 11.1. The molecule has 5 heterocycles. The molecule has 3 N–H and O–H groups in total. The Labute approximate surface area is 243 Å². The average Bonchev–Trinajstić information content (AvgIpc) is 3.52. The van der Waals surface area contributed by atoms with E-state index in [0.29, 0.717) is 54.4 Å². The highest BCUT2D eigenvalue weighted by Gasteiger charge is 2.47. The number of benzene rings is 1. The Morgan fingerprint density at radius 3 is 2.64 bits per heavy atom. The van der Waals surface area contributed by atoms with Gasteiger partial charge in [-0.25, -0.2) is 8.78 Å². The lowest BCUT2D eigenvalue weighted by molar-refractivity contribution is -0.148. The highest BCUT2D eigenvalue weighted by Crippen LogP contribution is 2.53. The van der Waals surface area contributed by atoms with Gasteiger partial charge in [0, 0.05) is 47.7 Å². The zero-order chi connectivity index (χ0) is 29.8. The van der Waals surface area contributed by atoms with Crippen LogP contribution in [0.1, 0.15) is 64.7 Å². The number of nitrogens with one attached hydrogen (secondary N) is 1. The summed E-state index contributed by atoms with van der Waals surface area (Å²) in [5.41, 5.74) is 0.289. The number of alkyl halides is 1. The van der Waals surface area contributed by atoms with Crippen LogP contribution in [0.4, 0.5) is 8.78 Å². The summed E-state index contributed by atoms with van der Waals surface area (Å²) >= 11 is 1.12. The van der Waals surface area contributed by atoms with Crippen molar-refractivity contribution in [2.75, 3.05) is 13.1 Å². The van der Waals surface area contributed by atoms with Crippen LogP contribution >= 0.6 is 18.9 Å². The molecule has 0 aliphatic carbocycles. The summed E-state index contributed by atoms with van der Waals surface area (Å²) in [7, 11) is -4.98. The Morgan fingerprint density at radius 1 is 1.12 bits per heavy atom. The highest BCUT2D eigenvalue weighted by molar-refractivity contribution is 7.51. The van der Waals surface area contributed by atoms with Crippen molar-refractivity contribution in [2.45, 2.75) is 62.1 Å². The van der Waals surface area contributed by atoms with E-state index in [-0.39, 0.29) is 40.0 Å². The number of thiophene rings is 1. The maximum Gasteiger partial charge on any atom is 0.363 e. The number of amides is 3. The number of rotatable bonds is 6. The molecule has 0 bridgehead atoms. The van der Waals surface area contributed by atoms with Crippen LogP contribution < -0.4 is 5.32 Å². The van der Waals surface area contributed by atoms with Crippen molar-refractivity contribution in [3.05, 3.63) is 64.5 Å². The fourth-order valence-corrected chi connectivity index (χ4v) is 7.73. The molecule has 0 unspecified atom stereocenters. The number of carbonyl (C=O) groups is 3. The second-order valence-corrected chi connectivity index (χ2v) is 13.8. The molecule has 3 saturated heterocycles. The van der Waals surface area contributed by atoms with Gasteiger partial charge in [-0.2, -0.15) is 0 Å². The maximum atomic E-state index is 14.2. The average molecular weight is 619 g/mol. The molecule has 1 aromatic carbocycles. The molecular formula is C28H29F2N4O6PS. The van der Waals surface area contributed by atoms with E-state index in [9.17, 15) is 27.7 Å². The molecule has 0 spiro atoms. The van der Waals surface area contributed by atoms with Crippen LogP contribution in [-0.2, 0) is 14.2 Å². The van der Waals surface area contributed by atoms with Crippen molar-refractivity contribution in [3.8, 4) is 0 Å². The van der Waals surface area contributed by atoms with Crippen molar-refractivity contribution in [2.24, 2.45) is 0 Å². The molecule has 3 aliphatic rings. The normalized spacial score (nSPS) is 23.8. The Bertz CT molecular complexity index is 1610. The topological polar surface area (TPSA) is 140 Å². The molecular weight excluding hydrogens is 589 g/mol. The third kappa shape index (κ3) is 5.34. The summed E-state index contributed by atoms with van der Waals surface area (Å²) in [4.78, 5) is 66.3. The minimum atomic E-state index is -4.98. The largest absolute Gasteiger partial charge is 0.363 e. The van der Waals surface area contributed by atoms with Crippen LogP contribution in [0.25, 0.3) is 10.1 Å². The predicted octanol–water partition coefficient (Wildman–Crippen LogP) is 3.85. The van der Waals surface area contributed by atoms with Crippen LogP contribution in [-0.4, -0.2) is 73.5 Å². The number of likely N-dealkylation sites (tertiary alicyclic amines) is 1. The molecule has 6 rings (SSSR count). The summed E-state index contributed by atoms with van der Waals surface area (Å²) in [6, 6.07) is 5.33. The molecule has 3 amide bonds. The van der Waals surface area contributed by atoms with Gasteiger partial charge in [0.2, 0.25) is 17.7 Å². The molecule has 14 heteroatoms. The number of hydrogen-bond acceptors (Lipinski definition) is 6. The SMILES string of the molecule is O=C(N[C@H]1CCC[C@H]2CC[C@@H](C(=O)N3CC(c4cnccc4F)C3)N2C1=O)c1cc2cc([C@H](F)P(=O)(O)O)ccc2s1. The van der Waals surface area contributed by atoms with Gasteiger partial charge in [0.05, 0.1) is 4.88 Å². The van der Waals surface area contributed by atoms with E-state index in [0.717, 1.165) is 17.8 Å². The summed E-state index contributed by atoms with van der Waals surface area (Å²) in [6.45, 7) is 0.714. The number of carbonyl (C=O) groups excluding carboxylic acids is 3. The summed E-state index contributed by atoms with van der Waals surface area (Å²) in [6.07, 6.45) is 5.93. The van der Waals surface area contributed by atoms with E-state index in [2.05, 4.69) is 10.3 Å². The number of aromatic nitrogens is 1. The van der Waals surface area contributed by atoms with E-state index in [4.69, 9.17) is 9.79 Å². The van der Waals surface area contributed by atoms with Crippen LogP contribution in [0.15, 0.2) is 42.7 Å². The monoisotopic (exact) mass is 618 g/mol. The molecule has 3 fully saturated rings. The van der Waals surface area contributed by atoms with E-state index >= 15 is 0 Å². The van der Waals surface area contributed by atoms with Gasteiger partial charge < -0.3 is 24.9 Å². The first-order valence-electron chi connectivity index (χ1n) is 13.7. The van der Waals surface area contributed by atoms with Crippen LogP contribution in [0.2, 0.25) is 0 Å². The Hall–Kier alpha value is -3.25. The Kier molecular flexibility index (Phi) is 7.63. The summed E-state index contributed by atoms with van der Waals surface area (Å²) in [5.74, 6) is -3.92. The summed E-state index contributed by atoms with van der Waals surface area (Å²) < 4.78 is 40.3. The number of hydrogen-bond donors (Lipinski definition) is 3. The van der Waals surface area contributed by atoms with E-state index in [1.807, 2.05) is 0 Å². The van der Waals surface area contributed by atoms with Gasteiger partial charge in [-0.15, -0.1) is 11.3 Å². The van der Waals surface area contributed by atoms with Gasteiger partial charge in [-0.3, -0.25) is 23.9 Å². The molecule has 0 radical (unpaired) electrons. The van der Waals surface area contributed by atoms with Crippen molar-refractivity contribution >= 4 is 46.7 Å². The van der Waals surface area contributed by atoms with E-state index < -0.39 is 31.5 Å². The lowest BCUT2D eigenvalue weighted by atomic mass is 9.91. The number of halogens is 2. The molecule has 3 aromatic rings. The van der Waals surface area contributed by atoms with Crippen LogP contribution in [0, 0.1) is 5.82 Å². The smallest absolute Gasteiger partial charge is 0.340 e. The van der Waals surface area contributed by atoms with Gasteiger partial charge in [0.25, 0.3) is 5.91 Å². The lowest BCUT2D eigenvalue weighted by Crippen LogP contribution is -2.58. The molecule has 2 aromatic heterocycles. The molecule has 0 saturated carbocycles. The zero-order valence-corrected chi connectivity index (χ0v) is 24.1. The lowest BCUT2D eigenvalue weighted by Gasteiger charge is -2.42. The number of pyridine rings is 1. The van der Waals surface area contributed by atoms with E-state index in [1.165, 1.54) is 42.7 Å². The number of nitrogens with zero attached hydrogens (tertiary/aromatic N) is 3. The number of fused-ring (bicyclic) bond motifs is 2. The van der Waals surface area contributed by atoms with Crippen molar-refractivity contribution in [3.63, 3.8) is 0 Å². The first kappa shape index (κ1) is 28.9. The minimum absolute atomic E-state index is 0.0911. The highest BCUT2D eigenvalue weighted by atomic mass is 32.1. The second-order valence-electron chi connectivity index (χ2n) is 11.1. The van der Waals surface area contributed by atoms with Crippen molar-refractivity contribution in [1.29, 1.82) is 0 Å². The zero-order valence-electron chi connectivity index (χ0n) is 22.4. The van der Waals surface area contributed by atoms with Gasteiger partial charge in [0.1, 0.15) is 17.9 Å². The third-order valence-corrected chi connectivity index (χ3v) is 10.4. The Balaban J connectivity index is 1.14. The molecule has 4 atom stereocenters. The molecule has 42 heavy (non-hydrogen) atoms. The minimum Gasteiger partial charge on any atom is -0.340 e. The first-order valence-corrected chi connectivity index (χ1v) is 16.2. The van der Waals surface area contributed by atoms with Gasteiger partial charge in [-0.05, 0) is 67.3 Å². The van der Waals surface area contributed by atoms with Crippen molar-refractivity contribution in [1.82, 2.24) is 20.1 Å². The third-order valence-electron chi connectivity index (χ3n) is 8.44. The van der Waals surface area contributed by atoms with Crippen LogP contribution in [0.5, 0.6) is 0 Å². The van der Waals surface area contributed by atoms with Gasteiger partial charge >= 0.3 is 7.60 Å². The quantitative estimate of drug-likeness (QED) is 0.357. The van der Waals surface area contributed by atoms with Crippen LogP contribution in [0.3, 0.4) is 0 Å². The van der Waals surface area contributed by atoms with Gasteiger partial charge in [-0.1, -0.05) is 6.07 Å². The maximum absolute atomic E-state index is 14.2. The predicted molar refractivity (Wildman–Crippen MR) is 150 cm³/mol. The standard InChI is InChI=1S/C28H29F2N4O6PS/c29-20-8-9-31-12-19(20)17-13-33(14-17)28(37)22-6-5-18-2-1-3-21(27(36)34(18)22)32-26(35)24-11-16-10-15(4-7-23(16)42-24)25(30)41(38,39)40/h4,7-12,17-18,21-22,25H,1-3,5-6,13-14H2,(H,32,35)(H2,38,39,40)/t18-,21-,22-,25+/m0/s1. The summed E-state index contributed by atoms with van der Waals surface area (Å²) in [5, 5.41) is 3.27. The van der Waals surface area contributed by atoms with E-state index in [1.54, 1.807) is 9.80 Å². The van der Waals surface area contributed by atoms with Crippen molar-refractivity contribution < 1.29 is 37.5 Å². The Morgan fingerprint density at radius 2 is 1.90 bits per heavy atom. The molecule has 10 nitrogen and oxygen atoms in total. The fraction of sp³-hybridized carbons (Fsp3) is 0.429. The first-order chi connectivity index (χ1) is 20.0. The fourth-order valence-electron chi connectivity index (χ4n) is 6.24. The molecule has 3 aliphatic heterocycles. The molecule has 222 valence electrons. The van der Waals surface area contributed by atoms with Gasteiger partial charge in [0.15, 0.2) is 0 Å².